The van der Waals surface area contributed by atoms with Crippen LogP contribution >= 0.6 is 11.3 Å². The molecule has 0 fully saturated rings. The third-order valence-corrected chi connectivity index (χ3v) is 4.29. The van der Waals surface area contributed by atoms with E-state index in [2.05, 4.69) is 4.98 Å². The van der Waals surface area contributed by atoms with Crippen molar-refractivity contribution >= 4 is 23.5 Å². The highest BCUT2D eigenvalue weighted by Gasteiger charge is 2.32. The van der Waals surface area contributed by atoms with Gasteiger partial charge in [-0.2, -0.15) is 0 Å². The SMILES string of the molecule is COC(=O)N1C=Cc2scnc2C1c1cccc(OC(C)C)c1. The number of thiazole rings is 1. The maximum atomic E-state index is 12.1. The fraction of sp³-hybridized carbons (Fsp3) is 0.294. The first kappa shape index (κ1) is 15.6. The van der Waals surface area contributed by atoms with E-state index < -0.39 is 6.09 Å². The van der Waals surface area contributed by atoms with Crippen molar-refractivity contribution in [3.05, 3.63) is 52.1 Å². The summed E-state index contributed by atoms with van der Waals surface area (Å²) in [6.07, 6.45) is 3.30. The quantitative estimate of drug-likeness (QED) is 0.851. The lowest BCUT2D eigenvalue weighted by atomic mass is 9.99. The topological polar surface area (TPSA) is 51.7 Å². The molecule has 0 saturated carbocycles. The number of hydrogen-bond acceptors (Lipinski definition) is 5. The van der Waals surface area contributed by atoms with Gasteiger partial charge in [0, 0.05) is 6.20 Å². The molecule has 120 valence electrons. The van der Waals surface area contributed by atoms with Gasteiger partial charge < -0.3 is 9.47 Å². The maximum Gasteiger partial charge on any atom is 0.414 e. The van der Waals surface area contributed by atoms with E-state index in [9.17, 15) is 4.79 Å². The van der Waals surface area contributed by atoms with Gasteiger partial charge in [0.15, 0.2) is 0 Å². The molecule has 1 aromatic heterocycles. The van der Waals surface area contributed by atoms with Crippen molar-refractivity contribution in [1.29, 1.82) is 0 Å². The second kappa shape index (κ2) is 6.42. The maximum absolute atomic E-state index is 12.1. The number of carbonyl (C=O) groups excluding carboxylic acids is 1. The minimum Gasteiger partial charge on any atom is -0.491 e. The van der Waals surface area contributed by atoms with E-state index in [1.807, 2.05) is 44.2 Å². The van der Waals surface area contributed by atoms with Gasteiger partial charge in [-0.3, -0.25) is 4.90 Å². The van der Waals surface area contributed by atoms with Crippen LogP contribution in [0.25, 0.3) is 6.08 Å². The predicted octanol–water partition coefficient (Wildman–Crippen LogP) is 4.07. The first-order valence-corrected chi connectivity index (χ1v) is 8.22. The van der Waals surface area contributed by atoms with E-state index >= 15 is 0 Å². The van der Waals surface area contributed by atoms with Crippen molar-refractivity contribution < 1.29 is 14.3 Å². The Morgan fingerprint density at radius 3 is 2.96 bits per heavy atom. The second-order valence-corrected chi connectivity index (χ2v) is 6.32. The molecule has 0 aliphatic carbocycles. The van der Waals surface area contributed by atoms with Crippen LogP contribution in [0.5, 0.6) is 5.75 Å². The molecule has 0 spiro atoms. The zero-order chi connectivity index (χ0) is 16.4. The third kappa shape index (κ3) is 3.07. The summed E-state index contributed by atoms with van der Waals surface area (Å²) in [5.41, 5.74) is 3.58. The summed E-state index contributed by atoms with van der Waals surface area (Å²) in [6.45, 7) is 3.96. The van der Waals surface area contributed by atoms with Crippen LogP contribution in [0.3, 0.4) is 0 Å². The van der Waals surface area contributed by atoms with E-state index in [1.54, 1.807) is 27.9 Å². The molecule has 0 bridgehead atoms. The molecule has 0 radical (unpaired) electrons. The summed E-state index contributed by atoms with van der Waals surface area (Å²) in [4.78, 5) is 19.2. The summed E-state index contributed by atoms with van der Waals surface area (Å²) in [5, 5.41) is 0. The molecule has 2 heterocycles. The van der Waals surface area contributed by atoms with E-state index in [-0.39, 0.29) is 12.1 Å². The highest BCUT2D eigenvalue weighted by molar-refractivity contribution is 7.10. The molecular weight excluding hydrogens is 312 g/mol. The Morgan fingerprint density at radius 1 is 1.39 bits per heavy atom. The molecule has 5 nitrogen and oxygen atoms in total. The predicted molar refractivity (Wildman–Crippen MR) is 89.4 cm³/mol. The molecule has 1 amide bonds. The third-order valence-electron chi connectivity index (χ3n) is 3.48. The number of benzene rings is 1. The second-order valence-electron chi connectivity index (χ2n) is 5.44. The number of amides is 1. The number of methoxy groups -OCH3 is 1. The lowest BCUT2D eigenvalue weighted by Crippen LogP contribution is -2.33. The van der Waals surface area contributed by atoms with Crippen molar-refractivity contribution in [3.63, 3.8) is 0 Å². The van der Waals surface area contributed by atoms with Gasteiger partial charge in [-0.15, -0.1) is 11.3 Å². The lowest BCUT2D eigenvalue weighted by Gasteiger charge is -2.30. The van der Waals surface area contributed by atoms with Crippen LogP contribution in [-0.2, 0) is 4.74 Å². The van der Waals surface area contributed by atoms with Crippen molar-refractivity contribution in [2.45, 2.75) is 26.0 Å². The normalized spacial score (nSPS) is 16.3. The van der Waals surface area contributed by atoms with E-state index in [0.717, 1.165) is 21.9 Å². The smallest absolute Gasteiger partial charge is 0.414 e. The molecular formula is C17H18N2O3S. The first-order chi connectivity index (χ1) is 11.1. The van der Waals surface area contributed by atoms with Crippen molar-refractivity contribution in [2.75, 3.05) is 7.11 Å². The molecule has 23 heavy (non-hydrogen) atoms. The Hall–Kier alpha value is -2.34. The number of nitrogens with zero attached hydrogens (tertiary/aromatic N) is 2. The molecule has 0 N–H and O–H groups in total. The van der Waals surface area contributed by atoms with Crippen LogP contribution in [0, 0.1) is 0 Å². The number of hydrogen-bond donors (Lipinski definition) is 0. The Morgan fingerprint density at radius 2 is 2.22 bits per heavy atom. The zero-order valence-corrected chi connectivity index (χ0v) is 14.0. The average molecular weight is 330 g/mol. The lowest BCUT2D eigenvalue weighted by molar-refractivity contribution is 0.130. The summed E-state index contributed by atoms with van der Waals surface area (Å²) in [5.74, 6) is 0.772. The molecule has 0 saturated heterocycles. The largest absolute Gasteiger partial charge is 0.491 e. The standard InChI is InChI=1S/C17H18N2O3S/c1-11(2)22-13-6-4-5-12(9-13)16-15-14(23-10-18-15)7-8-19(16)17(20)21-3/h4-11,16H,1-3H3. The van der Waals surface area contributed by atoms with Gasteiger partial charge in [0.25, 0.3) is 0 Å². The van der Waals surface area contributed by atoms with Crippen LogP contribution in [0.1, 0.15) is 36.0 Å². The minimum absolute atomic E-state index is 0.0862. The number of carbonyl (C=O) groups is 1. The highest BCUT2D eigenvalue weighted by atomic mass is 32.1. The van der Waals surface area contributed by atoms with Gasteiger partial charge in [-0.1, -0.05) is 12.1 Å². The fourth-order valence-corrected chi connectivity index (χ4v) is 3.28. The van der Waals surface area contributed by atoms with Crippen LogP contribution in [-0.4, -0.2) is 29.2 Å². The van der Waals surface area contributed by atoms with Gasteiger partial charge >= 0.3 is 6.09 Å². The van der Waals surface area contributed by atoms with E-state index in [0.29, 0.717) is 0 Å². The summed E-state index contributed by atoms with van der Waals surface area (Å²) in [7, 11) is 1.38. The van der Waals surface area contributed by atoms with Gasteiger partial charge in [0.1, 0.15) is 11.8 Å². The Bertz CT molecular complexity index is 739. The number of ether oxygens (including phenoxy) is 2. The molecule has 1 atom stereocenters. The van der Waals surface area contributed by atoms with Crippen molar-refractivity contribution in [1.82, 2.24) is 9.88 Å². The van der Waals surface area contributed by atoms with Crippen LogP contribution in [0.15, 0.2) is 36.0 Å². The molecule has 3 rings (SSSR count). The van der Waals surface area contributed by atoms with Gasteiger partial charge in [-0.25, -0.2) is 9.78 Å². The van der Waals surface area contributed by atoms with Crippen LogP contribution in [0.4, 0.5) is 4.79 Å². The molecule has 2 aromatic rings. The molecule has 6 heteroatoms. The van der Waals surface area contributed by atoms with E-state index in [1.165, 1.54) is 7.11 Å². The molecule has 1 aliphatic rings. The average Bonchev–Trinajstić information content (AvgIpc) is 3.01. The van der Waals surface area contributed by atoms with Gasteiger partial charge in [-0.05, 0) is 37.6 Å². The fourth-order valence-electron chi connectivity index (χ4n) is 2.58. The number of fused-ring (bicyclic) bond motifs is 1. The monoisotopic (exact) mass is 330 g/mol. The highest BCUT2D eigenvalue weighted by Crippen LogP contribution is 2.37. The minimum atomic E-state index is -0.417. The van der Waals surface area contributed by atoms with Crippen LogP contribution in [0.2, 0.25) is 0 Å². The summed E-state index contributed by atoms with van der Waals surface area (Å²) in [6, 6.07) is 7.43. The molecule has 1 unspecified atom stereocenters. The molecule has 1 aromatic carbocycles. The van der Waals surface area contributed by atoms with Gasteiger partial charge in [0.05, 0.1) is 29.3 Å². The number of rotatable bonds is 3. The van der Waals surface area contributed by atoms with Crippen LogP contribution < -0.4 is 4.74 Å². The first-order valence-electron chi connectivity index (χ1n) is 7.34. The zero-order valence-electron chi connectivity index (χ0n) is 13.2. The Balaban J connectivity index is 2.03. The van der Waals surface area contributed by atoms with E-state index in [4.69, 9.17) is 9.47 Å². The summed E-state index contributed by atoms with van der Waals surface area (Å²) >= 11 is 1.55. The summed E-state index contributed by atoms with van der Waals surface area (Å²) < 4.78 is 10.7. The Labute approximate surface area is 139 Å². The van der Waals surface area contributed by atoms with Crippen molar-refractivity contribution in [2.24, 2.45) is 0 Å². The molecule has 1 aliphatic heterocycles. The number of aromatic nitrogens is 1. The van der Waals surface area contributed by atoms with Crippen molar-refractivity contribution in [3.8, 4) is 5.75 Å². The van der Waals surface area contributed by atoms with Gasteiger partial charge in [0.2, 0.25) is 0 Å². The Kier molecular flexibility index (Phi) is 4.34.